The minimum atomic E-state index is -4.50. The zero-order chi connectivity index (χ0) is 20.8. The largest absolute Gasteiger partial charge is 0.410 e. The third-order valence-electron chi connectivity index (χ3n) is 5.83. The fraction of sp³-hybridized carbons (Fsp3) is 0.579. The first-order chi connectivity index (χ1) is 13.8. The first-order valence-corrected chi connectivity index (χ1v) is 10.9. The molecule has 1 amide bonds. The molecule has 1 fully saturated rings. The number of carbonyl (C=O) groups is 1. The summed E-state index contributed by atoms with van der Waals surface area (Å²) < 4.78 is 42.3. The third-order valence-corrected chi connectivity index (χ3v) is 7.17. The third kappa shape index (κ3) is 3.86. The molecule has 1 saturated carbocycles. The Balaban J connectivity index is 1.68. The van der Waals surface area contributed by atoms with Crippen molar-refractivity contribution in [3.63, 3.8) is 0 Å². The number of nitrogens with zero attached hydrogens (tertiary/aromatic N) is 3. The maximum absolute atomic E-state index is 13.8. The number of nitrogens with one attached hydrogen (secondary N) is 1. The van der Waals surface area contributed by atoms with E-state index >= 15 is 0 Å². The highest BCUT2D eigenvalue weighted by Gasteiger charge is 2.48. The van der Waals surface area contributed by atoms with Gasteiger partial charge in [-0.2, -0.15) is 18.3 Å². The van der Waals surface area contributed by atoms with Crippen LogP contribution in [-0.4, -0.2) is 39.9 Å². The zero-order valence-electron chi connectivity index (χ0n) is 15.9. The van der Waals surface area contributed by atoms with Crippen LogP contribution in [0, 0.1) is 0 Å². The highest BCUT2D eigenvalue weighted by Crippen LogP contribution is 2.47. The van der Waals surface area contributed by atoms with Crippen molar-refractivity contribution in [3.8, 4) is 0 Å². The summed E-state index contributed by atoms with van der Waals surface area (Å²) in [6.07, 6.45) is 0.276. The molecule has 2 atom stereocenters. The summed E-state index contributed by atoms with van der Waals surface area (Å²) in [4.78, 5) is 15.4. The molecule has 0 spiro atoms. The van der Waals surface area contributed by atoms with Crippen molar-refractivity contribution < 1.29 is 18.0 Å². The van der Waals surface area contributed by atoms with E-state index in [1.54, 1.807) is 24.1 Å². The van der Waals surface area contributed by atoms with Gasteiger partial charge >= 0.3 is 6.18 Å². The van der Waals surface area contributed by atoms with Crippen LogP contribution < -0.4 is 5.32 Å². The molecule has 0 saturated heterocycles. The van der Waals surface area contributed by atoms with Gasteiger partial charge in [0.05, 0.1) is 6.04 Å². The summed E-state index contributed by atoms with van der Waals surface area (Å²) in [6, 6.07) is 1.27. The van der Waals surface area contributed by atoms with Crippen molar-refractivity contribution in [2.24, 2.45) is 0 Å². The quantitative estimate of drug-likeness (QED) is 0.661. The van der Waals surface area contributed by atoms with Gasteiger partial charge in [0.25, 0.3) is 5.91 Å². The van der Waals surface area contributed by atoms with Gasteiger partial charge in [-0.25, -0.2) is 4.68 Å². The Kier molecular flexibility index (Phi) is 5.54. The van der Waals surface area contributed by atoms with E-state index in [1.807, 2.05) is 5.38 Å². The number of anilines is 1. The van der Waals surface area contributed by atoms with Crippen LogP contribution in [0.4, 0.5) is 19.0 Å². The SMILES string of the molecule is CN(C(=O)c1nn2c(c1Cl)N[C@H](c1cccs1)C[C@@H]2C(F)(F)F)C1CCCCC1. The highest BCUT2D eigenvalue weighted by atomic mass is 35.5. The molecular weight excluding hydrogens is 425 g/mol. The number of fused-ring (bicyclic) bond motifs is 1. The Morgan fingerprint density at radius 2 is 2.07 bits per heavy atom. The minimum absolute atomic E-state index is 0.0480. The Labute approximate surface area is 175 Å². The van der Waals surface area contributed by atoms with E-state index in [2.05, 4.69) is 10.4 Å². The van der Waals surface area contributed by atoms with Crippen molar-refractivity contribution in [1.82, 2.24) is 14.7 Å². The van der Waals surface area contributed by atoms with Crippen LogP contribution in [0.15, 0.2) is 17.5 Å². The molecule has 29 heavy (non-hydrogen) atoms. The van der Waals surface area contributed by atoms with E-state index < -0.39 is 24.2 Å². The van der Waals surface area contributed by atoms with Crippen molar-refractivity contribution in [3.05, 3.63) is 33.1 Å². The topological polar surface area (TPSA) is 50.2 Å². The molecule has 1 aliphatic carbocycles. The van der Waals surface area contributed by atoms with Gasteiger partial charge < -0.3 is 10.2 Å². The summed E-state index contributed by atoms with van der Waals surface area (Å²) in [5.41, 5.74) is -0.122. The molecule has 158 valence electrons. The molecule has 3 heterocycles. The number of hydrogen-bond donors (Lipinski definition) is 1. The maximum atomic E-state index is 13.8. The number of alkyl halides is 3. The molecule has 0 bridgehead atoms. The lowest BCUT2D eigenvalue weighted by Gasteiger charge is -2.32. The molecule has 0 aromatic carbocycles. The highest BCUT2D eigenvalue weighted by molar-refractivity contribution is 7.10. The molecule has 4 rings (SSSR count). The van der Waals surface area contributed by atoms with Gasteiger partial charge in [-0.05, 0) is 24.3 Å². The van der Waals surface area contributed by atoms with E-state index in [4.69, 9.17) is 11.6 Å². The predicted molar refractivity (Wildman–Crippen MR) is 107 cm³/mol. The van der Waals surface area contributed by atoms with Gasteiger partial charge in [-0.15, -0.1) is 11.3 Å². The predicted octanol–water partition coefficient (Wildman–Crippen LogP) is 5.66. The van der Waals surface area contributed by atoms with Crippen LogP contribution in [0.5, 0.6) is 0 Å². The standard InChI is InChI=1S/C19H22ClF3N4OS/c1-26(11-6-3-2-4-7-11)18(28)16-15(20)17-24-12(13-8-5-9-29-13)10-14(19(21,22)23)27(17)25-16/h5,8-9,11-12,14,24H,2-4,6-7,10H2,1H3/t12-,14+/m0/s1. The lowest BCUT2D eigenvalue weighted by atomic mass is 9.94. The number of carbonyl (C=O) groups excluding carboxylic acids is 1. The Bertz CT molecular complexity index is 877. The molecule has 1 N–H and O–H groups in total. The monoisotopic (exact) mass is 446 g/mol. The van der Waals surface area contributed by atoms with Crippen LogP contribution >= 0.6 is 22.9 Å². The summed E-state index contributed by atoms with van der Waals surface area (Å²) in [5.74, 6) is -0.377. The van der Waals surface area contributed by atoms with Crippen LogP contribution in [0.25, 0.3) is 0 Å². The number of rotatable bonds is 3. The van der Waals surface area contributed by atoms with E-state index in [-0.39, 0.29) is 29.0 Å². The smallest absolute Gasteiger partial charge is 0.361 e. The molecule has 2 aliphatic rings. The molecule has 10 heteroatoms. The van der Waals surface area contributed by atoms with E-state index in [0.29, 0.717) is 0 Å². The second kappa shape index (κ2) is 7.83. The first kappa shape index (κ1) is 20.5. The second-order valence-corrected chi connectivity index (χ2v) is 9.03. The van der Waals surface area contributed by atoms with E-state index in [9.17, 15) is 18.0 Å². The molecule has 5 nitrogen and oxygen atoms in total. The molecule has 1 aliphatic heterocycles. The average molecular weight is 447 g/mol. The van der Waals surface area contributed by atoms with Crippen LogP contribution in [-0.2, 0) is 0 Å². The fourth-order valence-electron chi connectivity index (χ4n) is 4.20. The van der Waals surface area contributed by atoms with Crippen LogP contribution in [0.2, 0.25) is 5.02 Å². The number of aromatic nitrogens is 2. The number of thiophene rings is 1. The molecular formula is C19H22ClF3N4OS. The van der Waals surface area contributed by atoms with Gasteiger partial charge in [0.1, 0.15) is 10.8 Å². The fourth-order valence-corrected chi connectivity index (χ4v) is 5.25. The van der Waals surface area contributed by atoms with Crippen molar-refractivity contribution in [2.45, 2.75) is 62.8 Å². The Morgan fingerprint density at radius 1 is 1.34 bits per heavy atom. The molecule has 0 unspecified atom stereocenters. The molecule has 0 radical (unpaired) electrons. The number of amides is 1. The maximum Gasteiger partial charge on any atom is 0.410 e. The minimum Gasteiger partial charge on any atom is -0.361 e. The summed E-state index contributed by atoms with van der Waals surface area (Å²) in [6.45, 7) is 0. The Hall–Kier alpha value is -1.74. The van der Waals surface area contributed by atoms with Gasteiger partial charge in [0.2, 0.25) is 0 Å². The molecule has 2 aromatic heterocycles. The Morgan fingerprint density at radius 3 is 2.69 bits per heavy atom. The van der Waals surface area contributed by atoms with Gasteiger partial charge in [-0.1, -0.05) is 36.9 Å². The lowest BCUT2D eigenvalue weighted by Crippen LogP contribution is -2.39. The van der Waals surface area contributed by atoms with Crippen molar-refractivity contribution in [1.29, 1.82) is 0 Å². The summed E-state index contributed by atoms with van der Waals surface area (Å²) >= 11 is 7.79. The van der Waals surface area contributed by atoms with Gasteiger partial charge in [0.15, 0.2) is 11.7 Å². The van der Waals surface area contributed by atoms with Crippen molar-refractivity contribution in [2.75, 3.05) is 12.4 Å². The summed E-state index contributed by atoms with van der Waals surface area (Å²) in [7, 11) is 1.68. The second-order valence-electron chi connectivity index (χ2n) is 7.67. The lowest BCUT2D eigenvalue weighted by molar-refractivity contribution is -0.173. The number of hydrogen-bond acceptors (Lipinski definition) is 4. The first-order valence-electron chi connectivity index (χ1n) is 9.69. The zero-order valence-corrected chi connectivity index (χ0v) is 17.4. The average Bonchev–Trinajstić information content (AvgIpc) is 3.35. The summed E-state index contributed by atoms with van der Waals surface area (Å²) in [5, 5.41) is 8.89. The van der Waals surface area contributed by atoms with Crippen LogP contribution in [0.1, 0.15) is 66.0 Å². The van der Waals surface area contributed by atoms with Crippen LogP contribution in [0.3, 0.4) is 0 Å². The van der Waals surface area contributed by atoms with Gasteiger partial charge in [-0.3, -0.25) is 4.79 Å². The van der Waals surface area contributed by atoms with Gasteiger partial charge in [0, 0.05) is 24.4 Å². The van der Waals surface area contributed by atoms with E-state index in [1.165, 1.54) is 11.3 Å². The van der Waals surface area contributed by atoms with Crippen molar-refractivity contribution >= 4 is 34.7 Å². The number of halogens is 4. The normalized spacial score (nSPS) is 22.8. The van der Waals surface area contributed by atoms with E-state index in [0.717, 1.165) is 41.7 Å². The molecule has 2 aromatic rings.